The summed E-state index contributed by atoms with van der Waals surface area (Å²) < 4.78 is 3.43. The van der Waals surface area contributed by atoms with Crippen LogP contribution in [-0.2, 0) is 0 Å². The van der Waals surface area contributed by atoms with Crippen molar-refractivity contribution in [2.75, 3.05) is 6.54 Å². The maximum Gasteiger partial charge on any atom is 0.251 e. The van der Waals surface area contributed by atoms with Crippen molar-refractivity contribution in [2.45, 2.75) is 26.8 Å². The summed E-state index contributed by atoms with van der Waals surface area (Å²) in [5.74, 6) is -0.154. The molecule has 1 amide bonds. The van der Waals surface area contributed by atoms with Crippen LogP contribution in [0.4, 0.5) is 0 Å². The minimum atomic E-state index is -0.154. The van der Waals surface area contributed by atoms with Gasteiger partial charge in [-0.05, 0) is 49.4 Å². The Morgan fingerprint density at radius 1 is 1.36 bits per heavy atom. The van der Waals surface area contributed by atoms with E-state index in [0.717, 1.165) is 11.4 Å². The second kappa shape index (κ2) is 5.55. The fraction of sp³-hybridized carbons (Fsp3) is 0.357. The normalized spacial score (nSPS) is 12.5. The van der Waals surface area contributed by atoms with Gasteiger partial charge in [-0.25, -0.2) is 4.52 Å². The lowest BCUT2D eigenvalue weighted by Crippen LogP contribution is -2.30. The molecule has 114 valence electrons. The third kappa shape index (κ3) is 2.67. The molecule has 22 heavy (non-hydrogen) atoms. The van der Waals surface area contributed by atoms with Crippen LogP contribution in [-0.4, -0.2) is 42.3 Å². The van der Waals surface area contributed by atoms with E-state index in [9.17, 15) is 4.79 Å². The molecule has 0 bridgehead atoms. The molecule has 0 aliphatic rings. The highest BCUT2D eigenvalue weighted by molar-refractivity contribution is 5.94. The van der Waals surface area contributed by atoms with Crippen LogP contribution in [0.1, 0.15) is 34.7 Å². The zero-order valence-electron chi connectivity index (χ0n) is 12.7. The predicted octanol–water partition coefficient (Wildman–Crippen LogP) is 0.929. The first kappa shape index (κ1) is 14.2. The van der Waals surface area contributed by atoms with Crippen molar-refractivity contribution in [3.8, 4) is 0 Å². The predicted molar refractivity (Wildman–Crippen MR) is 79.5 cm³/mol. The summed E-state index contributed by atoms with van der Waals surface area (Å²) in [6, 6.07) is 5.44. The lowest BCUT2D eigenvalue weighted by atomic mass is 10.2. The fourth-order valence-electron chi connectivity index (χ4n) is 2.40. The largest absolute Gasteiger partial charge is 0.350 e. The Hall–Kier alpha value is -2.77. The van der Waals surface area contributed by atoms with Crippen molar-refractivity contribution in [1.29, 1.82) is 0 Å². The first-order valence-electron chi connectivity index (χ1n) is 7.03. The van der Waals surface area contributed by atoms with Crippen molar-refractivity contribution < 1.29 is 4.79 Å². The molecular weight excluding hydrogens is 282 g/mol. The number of aromatic nitrogens is 6. The van der Waals surface area contributed by atoms with Crippen molar-refractivity contribution in [2.24, 2.45) is 0 Å². The number of nitrogens with zero attached hydrogens (tertiary/aromatic N) is 6. The highest BCUT2D eigenvalue weighted by atomic mass is 16.1. The van der Waals surface area contributed by atoms with Crippen molar-refractivity contribution >= 4 is 11.6 Å². The molecule has 3 aromatic heterocycles. The molecule has 0 aliphatic carbocycles. The zero-order chi connectivity index (χ0) is 15.7. The van der Waals surface area contributed by atoms with E-state index in [0.29, 0.717) is 17.8 Å². The molecule has 0 spiro atoms. The standard InChI is InChI=1S/C14H17N7O/c1-9-6-10(2)21(17-9)11(3)8-15-14(22)12-4-5-20-13(7-12)16-18-19-20/h4-7,11H,8H2,1-3H3,(H,15,22)/t11-/m0/s1. The van der Waals surface area contributed by atoms with E-state index in [4.69, 9.17) is 0 Å². The molecule has 0 radical (unpaired) electrons. The summed E-state index contributed by atoms with van der Waals surface area (Å²) in [5, 5.41) is 18.5. The Balaban J connectivity index is 1.67. The van der Waals surface area contributed by atoms with Gasteiger partial charge in [-0.2, -0.15) is 5.10 Å². The first-order valence-corrected chi connectivity index (χ1v) is 7.03. The van der Waals surface area contributed by atoms with Crippen LogP contribution in [0.3, 0.4) is 0 Å². The van der Waals surface area contributed by atoms with Crippen molar-refractivity contribution in [3.63, 3.8) is 0 Å². The van der Waals surface area contributed by atoms with Crippen LogP contribution in [0.2, 0.25) is 0 Å². The summed E-state index contributed by atoms with van der Waals surface area (Å²) in [7, 11) is 0. The smallest absolute Gasteiger partial charge is 0.251 e. The minimum absolute atomic E-state index is 0.0798. The topological polar surface area (TPSA) is 90.0 Å². The molecule has 3 aromatic rings. The van der Waals surface area contributed by atoms with Crippen LogP contribution in [0.25, 0.3) is 5.65 Å². The second-order valence-corrected chi connectivity index (χ2v) is 5.33. The molecule has 0 aliphatic heterocycles. The SMILES string of the molecule is Cc1cc(C)n([C@@H](C)CNC(=O)c2ccn3nnnc3c2)n1. The summed E-state index contributed by atoms with van der Waals surface area (Å²) in [4.78, 5) is 12.2. The molecule has 8 nitrogen and oxygen atoms in total. The summed E-state index contributed by atoms with van der Waals surface area (Å²) in [6.07, 6.45) is 1.66. The number of aryl methyl sites for hydroxylation is 2. The monoisotopic (exact) mass is 299 g/mol. The van der Waals surface area contributed by atoms with Crippen LogP contribution < -0.4 is 5.32 Å². The van der Waals surface area contributed by atoms with Gasteiger partial charge in [0.15, 0.2) is 5.65 Å². The number of amides is 1. The maximum absolute atomic E-state index is 12.2. The average molecular weight is 299 g/mol. The second-order valence-electron chi connectivity index (χ2n) is 5.33. The Morgan fingerprint density at radius 3 is 2.91 bits per heavy atom. The third-order valence-electron chi connectivity index (χ3n) is 3.48. The molecule has 0 fully saturated rings. The van der Waals surface area contributed by atoms with Gasteiger partial charge in [-0.15, -0.1) is 5.10 Å². The molecule has 8 heteroatoms. The third-order valence-corrected chi connectivity index (χ3v) is 3.48. The van der Waals surface area contributed by atoms with E-state index in [1.54, 1.807) is 18.3 Å². The number of hydrogen-bond donors (Lipinski definition) is 1. The number of fused-ring (bicyclic) bond motifs is 1. The van der Waals surface area contributed by atoms with Gasteiger partial charge in [0, 0.05) is 24.0 Å². The van der Waals surface area contributed by atoms with E-state index in [2.05, 4.69) is 25.9 Å². The number of carbonyl (C=O) groups excluding carboxylic acids is 1. The number of carbonyl (C=O) groups is 1. The van der Waals surface area contributed by atoms with Gasteiger partial charge in [-0.1, -0.05) is 0 Å². The van der Waals surface area contributed by atoms with E-state index in [-0.39, 0.29) is 11.9 Å². The van der Waals surface area contributed by atoms with Gasteiger partial charge in [0.2, 0.25) is 0 Å². The summed E-state index contributed by atoms with van der Waals surface area (Å²) in [5.41, 5.74) is 3.12. The minimum Gasteiger partial charge on any atom is -0.350 e. The highest BCUT2D eigenvalue weighted by Crippen LogP contribution is 2.10. The molecule has 0 unspecified atom stereocenters. The molecule has 1 atom stereocenters. The van der Waals surface area contributed by atoms with E-state index < -0.39 is 0 Å². The molecule has 3 heterocycles. The maximum atomic E-state index is 12.2. The lowest BCUT2D eigenvalue weighted by Gasteiger charge is -2.15. The van der Waals surface area contributed by atoms with Gasteiger partial charge in [0.1, 0.15) is 0 Å². The molecule has 3 rings (SSSR count). The molecule has 0 saturated carbocycles. The van der Waals surface area contributed by atoms with Crippen LogP contribution in [0.5, 0.6) is 0 Å². The molecular formula is C14H17N7O. The summed E-state index contributed by atoms with van der Waals surface area (Å²) in [6.45, 7) is 6.48. The molecule has 1 N–H and O–H groups in total. The average Bonchev–Trinajstić information content (AvgIpc) is 3.09. The number of pyridine rings is 1. The summed E-state index contributed by atoms with van der Waals surface area (Å²) >= 11 is 0. The zero-order valence-corrected chi connectivity index (χ0v) is 12.7. The quantitative estimate of drug-likeness (QED) is 0.774. The lowest BCUT2D eigenvalue weighted by molar-refractivity contribution is 0.0947. The van der Waals surface area contributed by atoms with Crippen LogP contribution >= 0.6 is 0 Å². The van der Waals surface area contributed by atoms with Crippen LogP contribution in [0.15, 0.2) is 24.4 Å². The van der Waals surface area contributed by atoms with Crippen molar-refractivity contribution in [1.82, 2.24) is 35.1 Å². The van der Waals surface area contributed by atoms with E-state index in [1.807, 2.05) is 31.5 Å². The Labute approximate surface area is 127 Å². The van der Waals surface area contributed by atoms with Crippen molar-refractivity contribution in [3.05, 3.63) is 41.3 Å². The Kier molecular flexibility index (Phi) is 3.58. The van der Waals surface area contributed by atoms with E-state index >= 15 is 0 Å². The van der Waals surface area contributed by atoms with Crippen LogP contribution in [0, 0.1) is 13.8 Å². The molecule has 0 saturated heterocycles. The van der Waals surface area contributed by atoms with Gasteiger partial charge < -0.3 is 5.32 Å². The fourth-order valence-corrected chi connectivity index (χ4v) is 2.40. The number of rotatable bonds is 4. The number of nitrogens with one attached hydrogen (secondary N) is 1. The van der Waals surface area contributed by atoms with Gasteiger partial charge >= 0.3 is 0 Å². The first-order chi connectivity index (χ1) is 10.5. The Morgan fingerprint density at radius 2 is 2.18 bits per heavy atom. The Bertz CT molecular complexity index is 820. The van der Waals surface area contributed by atoms with Gasteiger partial charge in [-0.3, -0.25) is 9.48 Å². The highest BCUT2D eigenvalue weighted by Gasteiger charge is 2.12. The number of hydrogen-bond acceptors (Lipinski definition) is 5. The van der Waals surface area contributed by atoms with Gasteiger partial charge in [0.25, 0.3) is 5.91 Å². The number of tetrazole rings is 1. The van der Waals surface area contributed by atoms with Gasteiger partial charge in [0.05, 0.1) is 11.7 Å². The van der Waals surface area contributed by atoms with E-state index in [1.165, 1.54) is 4.52 Å². The molecule has 0 aromatic carbocycles.